The Balaban J connectivity index is 2.46. The summed E-state index contributed by atoms with van der Waals surface area (Å²) in [5.41, 5.74) is 1.22. The highest BCUT2D eigenvalue weighted by Gasteiger charge is 2.22. The average Bonchev–Trinajstić information content (AvgIpc) is 2.93. The van der Waals surface area contributed by atoms with Crippen LogP contribution in [0.25, 0.3) is 5.69 Å². The smallest absolute Gasteiger partial charge is 0.314 e. The average molecular weight is 348 g/mol. The lowest BCUT2D eigenvalue weighted by molar-refractivity contribution is -0.144. The van der Waals surface area contributed by atoms with Gasteiger partial charge in [-0.3, -0.25) is 4.79 Å². The van der Waals surface area contributed by atoms with Crippen molar-refractivity contribution in [2.24, 2.45) is 0 Å². The summed E-state index contributed by atoms with van der Waals surface area (Å²) >= 11 is 18.2. The van der Waals surface area contributed by atoms with Crippen LogP contribution in [0.3, 0.4) is 0 Å². The SMILES string of the molecule is CCOC(=O)C(C)c1ccnn1-c1ccc(Cl)c(Cl)c1Cl. The number of carbonyl (C=O) groups excluding carboxylic acids is 1. The molecule has 0 aliphatic rings. The lowest BCUT2D eigenvalue weighted by atomic mass is 10.1. The third-order valence-corrected chi connectivity index (χ3v) is 4.28. The van der Waals surface area contributed by atoms with Crippen LogP contribution in [0.5, 0.6) is 0 Å². The van der Waals surface area contributed by atoms with Gasteiger partial charge in [0.1, 0.15) is 0 Å². The van der Waals surface area contributed by atoms with Crippen LogP contribution in [-0.2, 0) is 9.53 Å². The van der Waals surface area contributed by atoms with Gasteiger partial charge in [0.25, 0.3) is 0 Å². The Morgan fingerprint density at radius 1 is 1.29 bits per heavy atom. The van der Waals surface area contributed by atoms with Crippen molar-refractivity contribution in [3.8, 4) is 5.69 Å². The molecule has 1 aromatic heterocycles. The van der Waals surface area contributed by atoms with Gasteiger partial charge in [0.15, 0.2) is 0 Å². The summed E-state index contributed by atoms with van der Waals surface area (Å²) < 4.78 is 6.59. The van der Waals surface area contributed by atoms with Gasteiger partial charge in [-0.2, -0.15) is 5.10 Å². The molecule has 4 nitrogen and oxygen atoms in total. The fourth-order valence-electron chi connectivity index (χ4n) is 1.91. The van der Waals surface area contributed by atoms with Crippen LogP contribution in [-0.4, -0.2) is 22.4 Å². The molecule has 0 saturated heterocycles. The second-order valence-electron chi connectivity index (χ2n) is 4.34. The number of hydrogen-bond donors (Lipinski definition) is 0. The number of ether oxygens (including phenoxy) is 1. The van der Waals surface area contributed by atoms with E-state index in [1.807, 2.05) is 0 Å². The molecule has 21 heavy (non-hydrogen) atoms. The van der Waals surface area contributed by atoms with Crippen molar-refractivity contribution in [2.45, 2.75) is 19.8 Å². The molecular weight excluding hydrogens is 335 g/mol. The van der Waals surface area contributed by atoms with E-state index in [0.29, 0.717) is 23.0 Å². The molecule has 0 N–H and O–H groups in total. The Kier molecular flexibility index (Phi) is 5.14. The maximum absolute atomic E-state index is 11.9. The van der Waals surface area contributed by atoms with E-state index in [1.165, 1.54) is 0 Å². The zero-order valence-electron chi connectivity index (χ0n) is 11.4. The summed E-state index contributed by atoms with van der Waals surface area (Å²) in [4.78, 5) is 11.9. The fraction of sp³-hybridized carbons (Fsp3) is 0.286. The van der Waals surface area contributed by atoms with Crippen LogP contribution in [0.4, 0.5) is 0 Å². The quantitative estimate of drug-likeness (QED) is 0.604. The van der Waals surface area contributed by atoms with Crippen molar-refractivity contribution >= 4 is 40.8 Å². The predicted octanol–water partition coefficient (Wildman–Crippen LogP) is 4.50. The molecule has 0 aliphatic carbocycles. The lowest BCUT2D eigenvalue weighted by Gasteiger charge is -2.15. The van der Waals surface area contributed by atoms with E-state index < -0.39 is 5.92 Å². The van der Waals surface area contributed by atoms with Crippen LogP contribution in [0.15, 0.2) is 24.4 Å². The number of esters is 1. The molecule has 0 fully saturated rings. The number of carbonyl (C=O) groups is 1. The second kappa shape index (κ2) is 6.69. The largest absolute Gasteiger partial charge is 0.465 e. The van der Waals surface area contributed by atoms with E-state index in [9.17, 15) is 4.79 Å². The maximum Gasteiger partial charge on any atom is 0.314 e. The third kappa shape index (κ3) is 3.18. The molecule has 0 spiro atoms. The van der Waals surface area contributed by atoms with E-state index in [0.717, 1.165) is 0 Å². The Hall–Kier alpha value is -1.23. The standard InChI is InChI=1S/C14H13Cl3N2O2/c1-3-21-14(20)8(2)10-6-7-18-19(10)11-5-4-9(15)12(16)13(11)17/h4-8H,3H2,1-2H3. The summed E-state index contributed by atoms with van der Waals surface area (Å²) in [7, 11) is 0. The summed E-state index contributed by atoms with van der Waals surface area (Å²) in [5, 5.41) is 5.10. The van der Waals surface area contributed by atoms with Crippen LogP contribution in [0.2, 0.25) is 15.1 Å². The van der Waals surface area contributed by atoms with E-state index in [4.69, 9.17) is 39.5 Å². The highest BCUT2D eigenvalue weighted by atomic mass is 35.5. The third-order valence-electron chi connectivity index (χ3n) is 3.00. The Bertz CT molecular complexity index is 670. The Labute approximate surface area is 137 Å². The molecule has 2 rings (SSSR count). The van der Waals surface area contributed by atoms with Gasteiger partial charge in [-0.05, 0) is 32.0 Å². The minimum atomic E-state index is -0.474. The highest BCUT2D eigenvalue weighted by Crippen LogP contribution is 2.35. The molecule has 1 atom stereocenters. The maximum atomic E-state index is 11.9. The van der Waals surface area contributed by atoms with Crippen molar-refractivity contribution in [1.82, 2.24) is 9.78 Å². The van der Waals surface area contributed by atoms with Crippen LogP contribution in [0, 0.1) is 0 Å². The van der Waals surface area contributed by atoms with Crippen molar-refractivity contribution in [3.05, 3.63) is 45.2 Å². The first-order chi connectivity index (χ1) is 9.97. The molecule has 1 aromatic carbocycles. The van der Waals surface area contributed by atoms with Gasteiger partial charge in [-0.1, -0.05) is 34.8 Å². The molecule has 0 amide bonds. The van der Waals surface area contributed by atoms with Gasteiger partial charge >= 0.3 is 5.97 Å². The normalized spacial score (nSPS) is 12.2. The summed E-state index contributed by atoms with van der Waals surface area (Å²) in [6, 6.07) is 5.07. The summed E-state index contributed by atoms with van der Waals surface area (Å²) in [5.74, 6) is -0.798. The number of rotatable bonds is 4. The number of aromatic nitrogens is 2. The Morgan fingerprint density at radius 2 is 2.00 bits per heavy atom. The second-order valence-corrected chi connectivity index (χ2v) is 5.50. The molecule has 2 aromatic rings. The van der Waals surface area contributed by atoms with Gasteiger partial charge in [0.2, 0.25) is 0 Å². The summed E-state index contributed by atoms with van der Waals surface area (Å²) in [6.07, 6.45) is 1.59. The van der Waals surface area contributed by atoms with E-state index in [2.05, 4.69) is 5.10 Å². The van der Waals surface area contributed by atoms with Crippen molar-refractivity contribution in [3.63, 3.8) is 0 Å². The topological polar surface area (TPSA) is 44.1 Å². The minimum Gasteiger partial charge on any atom is -0.465 e. The first kappa shape index (κ1) is 16.1. The van der Waals surface area contributed by atoms with E-state index >= 15 is 0 Å². The number of benzene rings is 1. The molecule has 1 unspecified atom stereocenters. The van der Waals surface area contributed by atoms with Crippen LogP contribution in [0.1, 0.15) is 25.5 Å². The van der Waals surface area contributed by atoms with Gasteiger partial charge in [-0.25, -0.2) is 4.68 Å². The molecule has 1 heterocycles. The monoisotopic (exact) mass is 346 g/mol. The predicted molar refractivity (Wildman–Crippen MR) is 83.6 cm³/mol. The number of hydrogen-bond acceptors (Lipinski definition) is 3. The first-order valence-electron chi connectivity index (χ1n) is 6.31. The number of nitrogens with zero attached hydrogens (tertiary/aromatic N) is 2. The van der Waals surface area contributed by atoms with E-state index in [1.54, 1.807) is 42.9 Å². The zero-order chi connectivity index (χ0) is 15.6. The first-order valence-corrected chi connectivity index (χ1v) is 7.45. The lowest BCUT2D eigenvalue weighted by Crippen LogP contribution is -2.16. The summed E-state index contributed by atoms with van der Waals surface area (Å²) in [6.45, 7) is 3.83. The minimum absolute atomic E-state index is 0.251. The molecular formula is C14H13Cl3N2O2. The fourth-order valence-corrected chi connectivity index (χ4v) is 2.52. The molecule has 112 valence electrons. The van der Waals surface area contributed by atoms with Crippen molar-refractivity contribution in [1.29, 1.82) is 0 Å². The highest BCUT2D eigenvalue weighted by molar-refractivity contribution is 6.48. The van der Waals surface area contributed by atoms with Gasteiger partial charge in [-0.15, -0.1) is 0 Å². The van der Waals surface area contributed by atoms with Crippen LogP contribution < -0.4 is 0 Å². The van der Waals surface area contributed by atoms with Gasteiger partial charge in [0.05, 0.1) is 39.0 Å². The van der Waals surface area contributed by atoms with Gasteiger partial charge < -0.3 is 4.74 Å². The molecule has 0 aliphatic heterocycles. The van der Waals surface area contributed by atoms with E-state index in [-0.39, 0.29) is 16.0 Å². The number of halogens is 3. The molecule has 0 radical (unpaired) electrons. The molecule has 7 heteroatoms. The van der Waals surface area contributed by atoms with Crippen LogP contribution >= 0.6 is 34.8 Å². The molecule has 0 saturated carbocycles. The zero-order valence-corrected chi connectivity index (χ0v) is 13.7. The van der Waals surface area contributed by atoms with Gasteiger partial charge in [0, 0.05) is 6.20 Å². The Morgan fingerprint density at radius 3 is 2.67 bits per heavy atom. The van der Waals surface area contributed by atoms with Crippen molar-refractivity contribution < 1.29 is 9.53 Å². The molecule has 0 bridgehead atoms. The van der Waals surface area contributed by atoms with Crippen molar-refractivity contribution in [2.75, 3.05) is 6.61 Å².